The molecule has 0 aromatic heterocycles. The Hall–Kier alpha value is -2.69. The Balaban J connectivity index is 1.60. The lowest BCUT2D eigenvalue weighted by molar-refractivity contribution is 0.243. The van der Waals surface area contributed by atoms with Gasteiger partial charge in [0.05, 0.1) is 11.8 Å². The van der Waals surface area contributed by atoms with E-state index in [2.05, 4.69) is 27.7 Å². The van der Waals surface area contributed by atoms with Crippen LogP contribution in [0, 0.1) is 0 Å². The molecule has 2 aromatic carbocycles. The number of piperidine rings is 1. The molecule has 0 unspecified atom stereocenters. The zero-order valence-corrected chi connectivity index (χ0v) is 15.5. The second kappa shape index (κ2) is 8.61. The van der Waals surface area contributed by atoms with Crippen molar-refractivity contribution in [1.29, 1.82) is 0 Å². The van der Waals surface area contributed by atoms with E-state index in [4.69, 9.17) is 4.74 Å². The first-order chi connectivity index (χ1) is 12.6. The van der Waals surface area contributed by atoms with E-state index in [9.17, 15) is 4.79 Å². The molecule has 2 N–H and O–H groups in total. The molecule has 1 fully saturated rings. The summed E-state index contributed by atoms with van der Waals surface area (Å²) in [6, 6.07) is 15.2. The van der Waals surface area contributed by atoms with Crippen molar-refractivity contribution in [3.05, 3.63) is 48.5 Å². The van der Waals surface area contributed by atoms with Crippen LogP contribution in [0.4, 0.5) is 21.9 Å². The van der Waals surface area contributed by atoms with Gasteiger partial charge in [-0.25, -0.2) is 4.79 Å². The summed E-state index contributed by atoms with van der Waals surface area (Å²) in [6.07, 6.45) is 3.86. The topological polar surface area (TPSA) is 53.6 Å². The van der Waals surface area contributed by atoms with Crippen LogP contribution in [0.5, 0.6) is 5.75 Å². The number of para-hydroxylation sites is 2. The maximum Gasteiger partial charge on any atom is 0.323 e. The fraction of sp³-hybridized carbons (Fsp3) is 0.381. The molecule has 0 atom stereocenters. The molecule has 0 saturated carbocycles. The molecule has 2 amide bonds. The van der Waals surface area contributed by atoms with E-state index in [0.29, 0.717) is 11.4 Å². The number of anilines is 3. The fourth-order valence-corrected chi connectivity index (χ4v) is 3.12. The van der Waals surface area contributed by atoms with E-state index >= 15 is 0 Å². The largest absolute Gasteiger partial charge is 0.489 e. The molecule has 0 spiro atoms. The zero-order valence-electron chi connectivity index (χ0n) is 15.5. The third-order valence-corrected chi connectivity index (χ3v) is 4.34. The Bertz CT molecular complexity index is 722. The van der Waals surface area contributed by atoms with Crippen molar-refractivity contribution < 1.29 is 9.53 Å². The SMILES string of the molecule is CC(C)Oc1ccccc1NC(=O)Nc1ccc(N2CCCCC2)cc1. The van der Waals surface area contributed by atoms with Crippen molar-refractivity contribution in [2.24, 2.45) is 0 Å². The molecular weight excluding hydrogens is 326 g/mol. The molecule has 1 heterocycles. The van der Waals surface area contributed by atoms with Crippen LogP contribution in [0.15, 0.2) is 48.5 Å². The number of nitrogens with zero attached hydrogens (tertiary/aromatic N) is 1. The summed E-state index contributed by atoms with van der Waals surface area (Å²) in [7, 11) is 0. The average Bonchev–Trinajstić information content (AvgIpc) is 2.64. The van der Waals surface area contributed by atoms with E-state index in [1.165, 1.54) is 24.9 Å². The smallest absolute Gasteiger partial charge is 0.323 e. The standard InChI is InChI=1S/C21H27N3O2/c1-16(2)26-20-9-5-4-8-19(20)23-21(25)22-17-10-12-18(13-11-17)24-14-6-3-7-15-24/h4-5,8-13,16H,3,6-7,14-15H2,1-2H3,(H2,22,23,25). The van der Waals surface area contributed by atoms with Gasteiger partial charge in [0.15, 0.2) is 0 Å². The van der Waals surface area contributed by atoms with Gasteiger partial charge in [-0.1, -0.05) is 12.1 Å². The van der Waals surface area contributed by atoms with E-state index in [1.54, 1.807) is 0 Å². The molecule has 0 aliphatic carbocycles. The number of ether oxygens (including phenoxy) is 1. The highest BCUT2D eigenvalue weighted by atomic mass is 16.5. The van der Waals surface area contributed by atoms with Crippen molar-refractivity contribution in [2.75, 3.05) is 28.6 Å². The van der Waals surface area contributed by atoms with Crippen molar-refractivity contribution in [2.45, 2.75) is 39.2 Å². The number of hydrogen-bond donors (Lipinski definition) is 2. The highest BCUT2D eigenvalue weighted by molar-refractivity contribution is 6.00. The number of nitrogens with one attached hydrogen (secondary N) is 2. The highest BCUT2D eigenvalue weighted by Gasteiger charge is 2.12. The molecule has 1 saturated heterocycles. The Morgan fingerprint density at radius 3 is 2.35 bits per heavy atom. The van der Waals surface area contributed by atoms with E-state index < -0.39 is 0 Å². The van der Waals surface area contributed by atoms with Crippen LogP contribution in [0.25, 0.3) is 0 Å². The van der Waals surface area contributed by atoms with Gasteiger partial charge < -0.3 is 20.3 Å². The maximum atomic E-state index is 12.3. The van der Waals surface area contributed by atoms with Crippen LogP contribution >= 0.6 is 0 Å². The normalized spacial score (nSPS) is 14.2. The average molecular weight is 353 g/mol. The summed E-state index contributed by atoms with van der Waals surface area (Å²) in [4.78, 5) is 14.7. The second-order valence-electron chi connectivity index (χ2n) is 6.84. The molecule has 3 rings (SSSR count). The molecule has 1 aliphatic rings. The monoisotopic (exact) mass is 353 g/mol. The van der Waals surface area contributed by atoms with Crippen molar-refractivity contribution in [1.82, 2.24) is 0 Å². The predicted octanol–water partition coefficient (Wildman–Crippen LogP) is 5.11. The molecule has 0 radical (unpaired) electrons. The summed E-state index contributed by atoms with van der Waals surface area (Å²) in [5, 5.41) is 5.73. The maximum absolute atomic E-state index is 12.3. The number of benzene rings is 2. The number of hydrogen-bond acceptors (Lipinski definition) is 3. The minimum absolute atomic E-state index is 0.0448. The fourth-order valence-electron chi connectivity index (χ4n) is 3.12. The predicted molar refractivity (Wildman–Crippen MR) is 107 cm³/mol. The number of rotatable bonds is 5. The Morgan fingerprint density at radius 1 is 0.962 bits per heavy atom. The summed E-state index contributed by atoms with van der Waals surface area (Å²) in [6.45, 7) is 6.14. The van der Waals surface area contributed by atoms with Gasteiger partial charge >= 0.3 is 6.03 Å². The van der Waals surface area contributed by atoms with Gasteiger partial charge in [-0.2, -0.15) is 0 Å². The van der Waals surface area contributed by atoms with Gasteiger partial charge in [0.1, 0.15) is 5.75 Å². The van der Waals surface area contributed by atoms with Crippen LogP contribution in [0.3, 0.4) is 0 Å². The molecule has 26 heavy (non-hydrogen) atoms. The van der Waals surface area contributed by atoms with Crippen LogP contribution in [0.2, 0.25) is 0 Å². The summed E-state index contributed by atoms with van der Waals surface area (Å²) in [5.74, 6) is 0.665. The first kappa shape index (κ1) is 18.1. The van der Waals surface area contributed by atoms with Gasteiger partial charge in [-0.05, 0) is 69.5 Å². The Labute approximate surface area is 155 Å². The second-order valence-corrected chi connectivity index (χ2v) is 6.84. The number of carbonyl (C=O) groups excluding carboxylic acids is 1. The van der Waals surface area contributed by atoms with Crippen LogP contribution in [-0.2, 0) is 0 Å². The summed E-state index contributed by atoms with van der Waals surface area (Å²) >= 11 is 0. The molecule has 138 valence electrons. The third-order valence-electron chi connectivity index (χ3n) is 4.34. The van der Waals surface area contributed by atoms with Crippen molar-refractivity contribution in [3.63, 3.8) is 0 Å². The molecule has 2 aromatic rings. The van der Waals surface area contributed by atoms with E-state index in [-0.39, 0.29) is 12.1 Å². The first-order valence-corrected chi connectivity index (χ1v) is 9.30. The lowest BCUT2D eigenvalue weighted by atomic mass is 10.1. The van der Waals surface area contributed by atoms with Crippen LogP contribution < -0.4 is 20.3 Å². The van der Waals surface area contributed by atoms with Gasteiger partial charge in [0.2, 0.25) is 0 Å². The molecule has 5 nitrogen and oxygen atoms in total. The molecular formula is C21H27N3O2. The lowest BCUT2D eigenvalue weighted by Crippen LogP contribution is -2.29. The van der Waals surface area contributed by atoms with Gasteiger partial charge in [-0.3, -0.25) is 0 Å². The van der Waals surface area contributed by atoms with Gasteiger partial charge in [0, 0.05) is 24.5 Å². The van der Waals surface area contributed by atoms with Crippen LogP contribution in [-0.4, -0.2) is 25.2 Å². The third kappa shape index (κ3) is 4.91. The van der Waals surface area contributed by atoms with Crippen LogP contribution in [0.1, 0.15) is 33.1 Å². The Kier molecular flexibility index (Phi) is 6.00. The number of urea groups is 1. The first-order valence-electron chi connectivity index (χ1n) is 9.30. The van der Waals surface area contributed by atoms with E-state index in [1.807, 2.05) is 50.2 Å². The summed E-state index contributed by atoms with van der Waals surface area (Å²) < 4.78 is 5.73. The molecule has 0 bridgehead atoms. The minimum Gasteiger partial charge on any atom is -0.489 e. The zero-order chi connectivity index (χ0) is 18.4. The molecule has 5 heteroatoms. The lowest BCUT2D eigenvalue weighted by Gasteiger charge is -2.28. The van der Waals surface area contributed by atoms with Gasteiger partial charge in [-0.15, -0.1) is 0 Å². The quantitative estimate of drug-likeness (QED) is 0.785. The minimum atomic E-state index is -0.282. The number of carbonyl (C=O) groups is 1. The van der Waals surface area contributed by atoms with Gasteiger partial charge in [0.25, 0.3) is 0 Å². The van der Waals surface area contributed by atoms with E-state index in [0.717, 1.165) is 18.8 Å². The highest BCUT2D eigenvalue weighted by Crippen LogP contribution is 2.25. The van der Waals surface area contributed by atoms with Crippen molar-refractivity contribution >= 4 is 23.1 Å². The van der Waals surface area contributed by atoms with Crippen molar-refractivity contribution in [3.8, 4) is 5.75 Å². The number of amides is 2. The Morgan fingerprint density at radius 2 is 1.65 bits per heavy atom. The molecule has 1 aliphatic heterocycles. The summed E-state index contributed by atoms with van der Waals surface area (Å²) in [5.41, 5.74) is 2.64.